The van der Waals surface area contributed by atoms with Crippen molar-refractivity contribution in [3.05, 3.63) is 205 Å². The summed E-state index contributed by atoms with van der Waals surface area (Å²) in [6.07, 6.45) is 15.3. The Bertz CT molecular complexity index is 2420. The molecule has 52 heavy (non-hydrogen) atoms. The predicted molar refractivity (Wildman–Crippen MR) is 227 cm³/mol. The Morgan fingerprint density at radius 1 is 0.423 bits per heavy atom. The number of halogens is 2. The molecule has 0 radical (unpaired) electrons. The molecular weight excluding hydrogens is 723 g/mol. The first-order valence-corrected chi connectivity index (χ1v) is 21.5. The molecule has 2 aliphatic carbocycles. The summed E-state index contributed by atoms with van der Waals surface area (Å²) in [7, 11) is 0. The van der Waals surface area contributed by atoms with Crippen LogP contribution < -0.4 is 10.4 Å². The van der Waals surface area contributed by atoms with Crippen molar-refractivity contribution >= 4 is 93.5 Å². The van der Waals surface area contributed by atoms with Crippen molar-refractivity contribution in [2.75, 3.05) is 0 Å². The second-order valence-electron chi connectivity index (χ2n) is 13.0. The van der Waals surface area contributed by atoms with E-state index < -0.39 is 6.69 Å². The third-order valence-corrected chi connectivity index (χ3v) is 14.6. The van der Waals surface area contributed by atoms with E-state index in [1.54, 1.807) is 0 Å². The zero-order valence-corrected chi connectivity index (χ0v) is 32.7. The van der Waals surface area contributed by atoms with Crippen LogP contribution >= 0.6 is 22.2 Å². The number of benzene rings is 6. The number of hydrogen-bond donors (Lipinski definition) is 0. The molecule has 0 aliphatic heterocycles. The van der Waals surface area contributed by atoms with Crippen molar-refractivity contribution in [1.82, 2.24) is 0 Å². The minimum Gasteiger partial charge on any atom is -0.134 e. The van der Waals surface area contributed by atoms with Gasteiger partial charge < -0.3 is 0 Å². The number of fused-ring (bicyclic) bond motifs is 6. The van der Waals surface area contributed by atoms with Gasteiger partial charge in [-0.3, -0.25) is 0 Å². The monoisotopic (exact) mass is 758 g/mol. The van der Waals surface area contributed by atoms with Gasteiger partial charge in [-0.1, -0.05) is 192 Å². The SMILES string of the molecule is C1=CCC(c2cccc3c2[cH-]c2ccccc23)=C1.C1=CCC(c2cccc3c2[cH-]c2ccccc23)=C1.Cl[Si](Cl)(c1ccccc1)c1ccccc1.[Ti+2]. The summed E-state index contributed by atoms with van der Waals surface area (Å²) >= 11 is 13.0. The first-order valence-electron chi connectivity index (χ1n) is 17.4. The molecule has 0 nitrogen and oxygen atoms in total. The van der Waals surface area contributed by atoms with Gasteiger partial charge in [-0.05, 0) is 23.2 Å². The number of allylic oxidation sites excluding steroid dienone is 8. The van der Waals surface area contributed by atoms with E-state index in [4.69, 9.17) is 22.2 Å². The van der Waals surface area contributed by atoms with E-state index >= 15 is 0 Å². The summed E-state index contributed by atoms with van der Waals surface area (Å²) in [5.74, 6) is 0. The first kappa shape index (κ1) is 35.9. The van der Waals surface area contributed by atoms with Crippen LogP contribution in [0.1, 0.15) is 24.0 Å². The molecule has 10 rings (SSSR count). The smallest absolute Gasteiger partial charge is 0.134 e. The van der Waals surface area contributed by atoms with Gasteiger partial charge in [0.05, 0.1) is 0 Å². The minimum atomic E-state index is -2.51. The van der Waals surface area contributed by atoms with Gasteiger partial charge in [0.15, 0.2) is 0 Å². The van der Waals surface area contributed by atoms with Crippen molar-refractivity contribution < 1.29 is 21.7 Å². The third kappa shape index (κ3) is 7.26. The van der Waals surface area contributed by atoms with E-state index in [1.807, 2.05) is 60.7 Å². The summed E-state index contributed by atoms with van der Waals surface area (Å²) in [5, 5.41) is 13.0. The fraction of sp³-hybridized carbons (Fsp3) is 0.0417. The Morgan fingerprint density at radius 2 is 0.808 bits per heavy atom. The Hall–Kier alpha value is -4.47. The van der Waals surface area contributed by atoms with Gasteiger partial charge in [-0.2, -0.15) is 0 Å². The first-order chi connectivity index (χ1) is 25.1. The van der Waals surface area contributed by atoms with Crippen LogP contribution in [0.5, 0.6) is 0 Å². The standard InChI is InChI=1S/2C18H13.C12H10Cl2Si.Ti/c2*1-2-7-13(6-1)15-10-5-11-17-16-9-4-3-8-14(16)12-18(15)17;13-15(14,11-7-3-1-4-8-11)12-9-5-2-6-10-12;/h2*1-6,8-12H,7H2;1-10H;/q2*-1;;+2. The van der Waals surface area contributed by atoms with E-state index in [-0.39, 0.29) is 21.7 Å². The molecule has 0 saturated carbocycles. The van der Waals surface area contributed by atoms with Gasteiger partial charge in [0.25, 0.3) is 0 Å². The molecule has 0 N–H and O–H groups in total. The second kappa shape index (κ2) is 16.0. The van der Waals surface area contributed by atoms with Crippen molar-refractivity contribution in [2.45, 2.75) is 12.8 Å². The normalized spacial score (nSPS) is 13.3. The molecule has 0 atom stereocenters. The number of hydrogen-bond acceptors (Lipinski definition) is 0. The Morgan fingerprint density at radius 3 is 1.21 bits per heavy atom. The van der Waals surface area contributed by atoms with Crippen LogP contribution in [0.4, 0.5) is 0 Å². The quantitative estimate of drug-likeness (QED) is 0.0952. The molecule has 0 unspecified atom stereocenters. The summed E-state index contributed by atoms with van der Waals surface area (Å²) in [6, 6.07) is 54.9. The van der Waals surface area contributed by atoms with Crippen molar-refractivity contribution in [3.8, 4) is 0 Å². The van der Waals surface area contributed by atoms with Gasteiger partial charge in [-0.25, -0.2) is 0 Å². The van der Waals surface area contributed by atoms with Gasteiger partial charge in [0.2, 0.25) is 0 Å². The Kier molecular flexibility index (Phi) is 11.1. The molecule has 8 aromatic carbocycles. The average Bonchev–Trinajstić information content (AvgIpc) is 4.02. The zero-order chi connectivity index (χ0) is 34.6. The molecule has 0 heterocycles. The van der Waals surface area contributed by atoms with Gasteiger partial charge in [0, 0.05) is 0 Å². The molecule has 0 spiro atoms. The Labute approximate surface area is 331 Å². The van der Waals surface area contributed by atoms with Crippen LogP contribution in [-0.4, -0.2) is 6.69 Å². The average molecular weight is 760 g/mol. The second-order valence-corrected chi connectivity index (χ2v) is 19.2. The molecular formula is C48H36Cl2SiTi. The van der Waals surface area contributed by atoms with E-state index in [0.29, 0.717) is 0 Å². The fourth-order valence-electron chi connectivity index (χ4n) is 7.27. The summed E-state index contributed by atoms with van der Waals surface area (Å²) in [4.78, 5) is 0. The summed E-state index contributed by atoms with van der Waals surface area (Å²) in [6.45, 7) is -2.51. The predicted octanol–water partition coefficient (Wildman–Crippen LogP) is 12.8. The van der Waals surface area contributed by atoms with Crippen LogP contribution in [0, 0.1) is 0 Å². The van der Waals surface area contributed by atoms with Crippen LogP contribution in [0.3, 0.4) is 0 Å². The molecule has 4 heteroatoms. The maximum absolute atomic E-state index is 6.49. The maximum Gasteiger partial charge on any atom is 2.00 e. The van der Waals surface area contributed by atoms with E-state index in [1.165, 1.54) is 65.4 Å². The van der Waals surface area contributed by atoms with Crippen LogP contribution in [0.2, 0.25) is 0 Å². The van der Waals surface area contributed by atoms with Crippen molar-refractivity contribution in [2.24, 2.45) is 0 Å². The topological polar surface area (TPSA) is 0 Å². The van der Waals surface area contributed by atoms with E-state index in [0.717, 1.165) is 23.2 Å². The minimum absolute atomic E-state index is 0. The third-order valence-electron chi connectivity index (χ3n) is 9.82. The van der Waals surface area contributed by atoms with Crippen molar-refractivity contribution in [1.29, 1.82) is 0 Å². The van der Waals surface area contributed by atoms with Gasteiger partial charge in [0.1, 0.15) is 0 Å². The summed E-state index contributed by atoms with van der Waals surface area (Å²) in [5.41, 5.74) is 5.62. The van der Waals surface area contributed by atoms with E-state index in [9.17, 15) is 0 Å². The molecule has 0 amide bonds. The molecule has 8 aromatic rings. The molecule has 250 valence electrons. The number of rotatable bonds is 4. The molecule has 2 aliphatic rings. The van der Waals surface area contributed by atoms with Crippen molar-refractivity contribution in [3.63, 3.8) is 0 Å². The summed E-state index contributed by atoms with van der Waals surface area (Å²) < 4.78 is 0. The van der Waals surface area contributed by atoms with Gasteiger partial charge >= 0.3 is 28.4 Å². The fourth-order valence-corrected chi connectivity index (χ4v) is 10.3. The van der Waals surface area contributed by atoms with Crippen LogP contribution in [0.15, 0.2) is 194 Å². The molecule has 0 fully saturated rings. The van der Waals surface area contributed by atoms with Crippen LogP contribution in [-0.2, 0) is 21.7 Å². The molecule has 0 aromatic heterocycles. The van der Waals surface area contributed by atoms with Crippen LogP contribution in [0.25, 0.3) is 54.2 Å². The molecule has 0 bridgehead atoms. The van der Waals surface area contributed by atoms with Gasteiger partial charge in [-0.15, -0.1) is 89.5 Å². The maximum atomic E-state index is 6.49. The Balaban J connectivity index is 0.000000121. The van der Waals surface area contributed by atoms with E-state index in [2.05, 4.69) is 134 Å². The molecule has 0 saturated heterocycles. The zero-order valence-electron chi connectivity index (χ0n) is 28.6. The largest absolute Gasteiger partial charge is 2.00 e.